The number of rotatable bonds is 8. The highest BCUT2D eigenvalue weighted by Crippen LogP contribution is 2.42. The second-order valence-electron chi connectivity index (χ2n) is 8.68. The van der Waals surface area contributed by atoms with E-state index in [2.05, 4.69) is 17.2 Å². The Morgan fingerprint density at radius 1 is 1.29 bits per heavy atom. The fourth-order valence-electron chi connectivity index (χ4n) is 4.45. The summed E-state index contributed by atoms with van der Waals surface area (Å²) >= 11 is 0. The molecule has 2 aliphatic heterocycles. The first kappa shape index (κ1) is 25.3. The minimum Gasteiger partial charge on any atom is -0.351 e. The Morgan fingerprint density at radius 2 is 1.97 bits per heavy atom. The van der Waals surface area contributed by atoms with Crippen LogP contribution in [0.4, 0.5) is 18.0 Å². The predicted molar refractivity (Wildman–Crippen MR) is 120 cm³/mol. The van der Waals surface area contributed by atoms with Crippen LogP contribution in [0.3, 0.4) is 0 Å². The maximum atomic E-state index is 13.8. The van der Waals surface area contributed by atoms with Gasteiger partial charge in [-0.3, -0.25) is 14.5 Å². The van der Waals surface area contributed by atoms with Crippen molar-refractivity contribution >= 4 is 17.8 Å². The van der Waals surface area contributed by atoms with E-state index in [4.69, 9.17) is 0 Å². The minimum atomic E-state index is -4.67. The highest BCUT2D eigenvalue weighted by Gasteiger charge is 2.48. The van der Waals surface area contributed by atoms with Crippen LogP contribution in [0.2, 0.25) is 0 Å². The van der Waals surface area contributed by atoms with Crippen LogP contribution in [-0.4, -0.2) is 53.3 Å². The van der Waals surface area contributed by atoms with E-state index in [1.165, 1.54) is 34.1 Å². The molecule has 34 heavy (non-hydrogen) atoms. The number of carbonyl (C=O) groups is 3. The van der Waals surface area contributed by atoms with E-state index in [0.717, 1.165) is 6.07 Å². The summed E-state index contributed by atoms with van der Waals surface area (Å²) in [5.74, 6) is -0.875. The molecule has 0 aliphatic carbocycles. The summed E-state index contributed by atoms with van der Waals surface area (Å²) in [5, 5.41) is 5.29. The van der Waals surface area contributed by atoms with Crippen LogP contribution in [0.25, 0.3) is 0 Å². The maximum absolute atomic E-state index is 13.8. The standard InChI is InChI=1S/C24H29F3N4O3/c1-5-11-28-21(32)17(12-14(3)4)31-13-18-19(22(31)33)20(29-23(34)30(18)6-2)15-9-7-8-10-16(15)24(25,26)27/h5,7-10,14,17,20H,1,6,11-13H2,2-4H3,(H,28,32)(H,29,34)/t17-,20-/m0/s1. The predicted octanol–water partition coefficient (Wildman–Crippen LogP) is 3.60. The van der Waals surface area contributed by atoms with E-state index in [9.17, 15) is 27.6 Å². The van der Waals surface area contributed by atoms with Crippen LogP contribution in [0.5, 0.6) is 0 Å². The van der Waals surface area contributed by atoms with Crippen LogP contribution < -0.4 is 10.6 Å². The smallest absolute Gasteiger partial charge is 0.351 e. The molecular weight excluding hydrogens is 449 g/mol. The monoisotopic (exact) mass is 478 g/mol. The lowest BCUT2D eigenvalue weighted by Gasteiger charge is -2.33. The molecule has 0 radical (unpaired) electrons. The lowest BCUT2D eigenvalue weighted by Crippen LogP contribution is -2.49. The summed E-state index contributed by atoms with van der Waals surface area (Å²) in [6.45, 7) is 9.50. The molecule has 1 aromatic rings. The minimum absolute atomic E-state index is 0.0427. The number of hydrogen-bond acceptors (Lipinski definition) is 3. The zero-order valence-electron chi connectivity index (χ0n) is 19.4. The second kappa shape index (κ2) is 9.90. The van der Waals surface area contributed by atoms with Crippen LogP contribution in [0.15, 0.2) is 48.2 Å². The van der Waals surface area contributed by atoms with Crippen molar-refractivity contribution in [3.63, 3.8) is 0 Å². The van der Waals surface area contributed by atoms with E-state index in [1.54, 1.807) is 6.92 Å². The number of amides is 4. The SMILES string of the molecule is C=CCNC(=O)[C@H](CC(C)C)N1CC2=C(C1=O)[C@H](c1ccccc1C(F)(F)F)NC(=O)N2CC. The van der Waals surface area contributed by atoms with Gasteiger partial charge in [0.1, 0.15) is 6.04 Å². The number of benzene rings is 1. The fraction of sp³-hybridized carbons (Fsp3) is 0.458. The highest BCUT2D eigenvalue weighted by atomic mass is 19.4. The lowest BCUT2D eigenvalue weighted by atomic mass is 9.91. The summed E-state index contributed by atoms with van der Waals surface area (Å²) in [6.07, 6.45) is -2.80. The van der Waals surface area contributed by atoms with Gasteiger partial charge in [0, 0.05) is 13.1 Å². The molecule has 2 atom stereocenters. The molecule has 0 bridgehead atoms. The molecule has 7 nitrogen and oxygen atoms in total. The van der Waals surface area contributed by atoms with Crippen molar-refractivity contribution < 1.29 is 27.6 Å². The summed E-state index contributed by atoms with van der Waals surface area (Å²) in [7, 11) is 0. The van der Waals surface area contributed by atoms with Crippen LogP contribution >= 0.6 is 0 Å². The molecule has 0 spiro atoms. The zero-order chi connectivity index (χ0) is 25.2. The van der Waals surface area contributed by atoms with Gasteiger partial charge in [0.25, 0.3) is 5.91 Å². The first-order valence-corrected chi connectivity index (χ1v) is 11.2. The lowest BCUT2D eigenvalue weighted by molar-refractivity contribution is -0.139. The van der Waals surface area contributed by atoms with E-state index < -0.39 is 35.8 Å². The molecule has 0 saturated heterocycles. The number of likely N-dealkylation sites (N-methyl/N-ethyl adjacent to an activating group) is 1. The third kappa shape index (κ3) is 4.80. The van der Waals surface area contributed by atoms with Gasteiger partial charge < -0.3 is 15.5 Å². The Bertz CT molecular complexity index is 1020. The number of carbonyl (C=O) groups excluding carboxylic acids is 3. The van der Waals surface area contributed by atoms with Crippen LogP contribution in [0, 0.1) is 5.92 Å². The second-order valence-corrected chi connectivity index (χ2v) is 8.68. The van der Waals surface area contributed by atoms with Crippen molar-refractivity contribution in [2.45, 2.75) is 45.5 Å². The molecule has 2 aliphatic rings. The van der Waals surface area contributed by atoms with Crippen molar-refractivity contribution in [1.82, 2.24) is 20.4 Å². The first-order chi connectivity index (χ1) is 16.0. The third-order valence-electron chi connectivity index (χ3n) is 5.94. The maximum Gasteiger partial charge on any atom is 0.416 e. The van der Waals surface area contributed by atoms with Crippen LogP contribution in [-0.2, 0) is 15.8 Å². The Balaban J connectivity index is 2.08. The van der Waals surface area contributed by atoms with E-state index in [-0.39, 0.29) is 42.6 Å². The molecule has 10 heteroatoms. The number of urea groups is 1. The topological polar surface area (TPSA) is 81.8 Å². The molecule has 0 saturated carbocycles. The number of nitrogens with one attached hydrogen (secondary N) is 2. The van der Waals surface area contributed by atoms with E-state index >= 15 is 0 Å². The molecule has 2 heterocycles. The average Bonchev–Trinajstić information content (AvgIpc) is 3.11. The van der Waals surface area contributed by atoms with Gasteiger partial charge in [-0.1, -0.05) is 38.1 Å². The van der Waals surface area contributed by atoms with Crippen molar-refractivity contribution in [3.05, 3.63) is 59.3 Å². The molecule has 0 fully saturated rings. The van der Waals surface area contributed by atoms with Crippen molar-refractivity contribution in [3.8, 4) is 0 Å². The van der Waals surface area contributed by atoms with Crippen molar-refractivity contribution in [1.29, 1.82) is 0 Å². The number of alkyl halides is 3. The van der Waals surface area contributed by atoms with Gasteiger partial charge in [-0.2, -0.15) is 13.2 Å². The van der Waals surface area contributed by atoms with Gasteiger partial charge in [-0.05, 0) is 30.9 Å². The number of nitrogens with zero attached hydrogens (tertiary/aromatic N) is 2. The molecule has 184 valence electrons. The summed E-state index contributed by atoms with van der Waals surface area (Å²) in [4.78, 5) is 42.1. The third-order valence-corrected chi connectivity index (χ3v) is 5.94. The first-order valence-electron chi connectivity index (χ1n) is 11.2. The molecule has 1 aromatic carbocycles. The van der Waals surface area contributed by atoms with Crippen molar-refractivity contribution in [2.24, 2.45) is 5.92 Å². The quantitative estimate of drug-likeness (QED) is 0.560. The van der Waals surface area contributed by atoms with Gasteiger partial charge >= 0.3 is 12.2 Å². The highest BCUT2D eigenvalue weighted by molar-refractivity contribution is 6.03. The largest absolute Gasteiger partial charge is 0.416 e. The van der Waals surface area contributed by atoms with Crippen molar-refractivity contribution in [2.75, 3.05) is 19.6 Å². The Labute approximate surface area is 196 Å². The normalized spacial score (nSPS) is 19.3. The zero-order valence-corrected chi connectivity index (χ0v) is 19.4. The molecular formula is C24H29F3N4O3. The summed E-state index contributed by atoms with van der Waals surface area (Å²) < 4.78 is 41.3. The van der Waals surface area contributed by atoms with E-state index in [0.29, 0.717) is 12.1 Å². The number of halogens is 3. The van der Waals surface area contributed by atoms with Gasteiger partial charge in [0.05, 0.1) is 29.4 Å². The fourth-order valence-corrected chi connectivity index (χ4v) is 4.45. The van der Waals surface area contributed by atoms with Gasteiger partial charge in [0.2, 0.25) is 5.91 Å². The number of hydrogen-bond donors (Lipinski definition) is 2. The molecule has 0 unspecified atom stereocenters. The Hall–Kier alpha value is -3.30. The van der Waals surface area contributed by atoms with Crippen LogP contribution in [0.1, 0.15) is 44.4 Å². The van der Waals surface area contributed by atoms with Gasteiger partial charge in [-0.15, -0.1) is 6.58 Å². The average molecular weight is 479 g/mol. The Kier molecular flexibility index (Phi) is 7.38. The van der Waals surface area contributed by atoms with E-state index in [1.807, 2.05) is 13.8 Å². The molecule has 4 amide bonds. The summed E-state index contributed by atoms with van der Waals surface area (Å²) in [6, 6.07) is 2.17. The van der Waals surface area contributed by atoms with Gasteiger partial charge in [-0.25, -0.2) is 4.79 Å². The molecule has 0 aromatic heterocycles. The molecule has 3 rings (SSSR count). The summed E-state index contributed by atoms with van der Waals surface area (Å²) in [5.41, 5.74) is -0.754. The van der Waals surface area contributed by atoms with Gasteiger partial charge in [0.15, 0.2) is 0 Å². The Morgan fingerprint density at radius 3 is 2.56 bits per heavy atom. The molecule has 2 N–H and O–H groups in total.